The van der Waals surface area contributed by atoms with Gasteiger partial charge in [0.25, 0.3) is 0 Å². The van der Waals surface area contributed by atoms with Gasteiger partial charge in [-0.2, -0.15) is 0 Å². The molecule has 1 aromatic rings. The molecule has 8 nitrogen and oxygen atoms in total. The summed E-state index contributed by atoms with van der Waals surface area (Å²) in [4.78, 5) is 21.9. The van der Waals surface area contributed by atoms with Crippen LogP contribution in [0, 0.1) is 23.7 Å². The normalized spacial score (nSPS) is 34.5. The van der Waals surface area contributed by atoms with Crippen molar-refractivity contribution < 1.29 is 38.7 Å². The Morgan fingerprint density at radius 1 is 1.20 bits per heavy atom. The van der Waals surface area contributed by atoms with Gasteiger partial charge in [-0.05, 0) is 67.2 Å². The van der Waals surface area contributed by atoms with Gasteiger partial charge in [-0.3, -0.25) is 0 Å². The van der Waals surface area contributed by atoms with Gasteiger partial charge in [0, 0.05) is 12.5 Å². The smallest absolute Gasteiger partial charge is 0.332 e. The van der Waals surface area contributed by atoms with Gasteiger partial charge in [0.1, 0.15) is 18.3 Å². The standard InChI is InChI=1S/C17H28O4.C10H8O4/c1-10(2)17-7-12-11(3)5-6-13(12)16(4,21-17)14(8-17)20-15(19)9-18;11-10(12)4-2-7-1-3-8-9(5-7)14-6-13-8/h10-14,18H,5-9H2,1-4H3;1-5H,6H2,(H,11,12)/b;4-2+/t11-,12?,13?,14-,16+,17?;/m1./s1. The number of rotatable bonds is 5. The molecule has 8 heteroatoms. The van der Waals surface area contributed by atoms with Crippen LogP contribution in [0.25, 0.3) is 6.08 Å². The first-order chi connectivity index (χ1) is 16.6. The molecule has 4 aliphatic rings. The highest BCUT2D eigenvalue weighted by Gasteiger charge is 2.66. The van der Waals surface area contributed by atoms with Crippen molar-refractivity contribution in [2.24, 2.45) is 23.7 Å². The summed E-state index contributed by atoms with van der Waals surface area (Å²) in [7, 11) is 0. The van der Waals surface area contributed by atoms with Crippen LogP contribution in [0.1, 0.15) is 58.9 Å². The molecular formula is C27H36O8. The van der Waals surface area contributed by atoms with E-state index in [0.717, 1.165) is 36.8 Å². The van der Waals surface area contributed by atoms with Crippen molar-refractivity contribution in [1.82, 2.24) is 0 Å². The van der Waals surface area contributed by atoms with Crippen molar-refractivity contribution in [3.05, 3.63) is 29.8 Å². The molecule has 3 fully saturated rings. The van der Waals surface area contributed by atoms with E-state index in [1.807, 2.05) is 0 Å². The summed E-state index contributed by atoms with van der Waals surface area (Å²) in [5.41, 5.74) is 0.217. The minimum absolute atomic E-state index is 0.172. The number of carbonyl (C=O) groups excluding carboxylic acids is 1. The van der Waals surface area contributed by atoms with Crippen molar-refractivity contribution in [2.45, 2.75) is 70.7 Å². The van der Waals surface area contributed by atoms with Crippen LogP contribution in [0.4, 0.5) is 0 Å². The summed E-state index contributed by atoms with van der Waals surface area (Å²) < 4.78 is 22.4. The maximum absolute atomic E-state index is 11.6. The molecule has 1 aromatic carbocycles. The maximum Gasteiger partial charge on any atom is 0.332 e. The molecule has 6 atom stereocenters. The van der Waals surface area contributed by atoms with Gasteiger partial charge in [-0.25, -0.2) is 9.59 Å². The van der Waals surface area contributed by atoms with Crippen LogP contribution in [0.15, 0.2) is 24.3 Å². The quantitative estimate of drug-likeness (QED) is 0.472. The highest BCUT2D eigenvalue weighted by Crippen LogP contribution is 2.62. The zero-order valence-electron chi connectivity index (χ0n) is 20.9. The highest BCUT2D eigenvalue weighted by atomic mass is 16.7. The van der Waals surface area contributed by atoms with Crippen molar-refractivity contribution in [2.75, 3.05) is 13.4 Å². The maximum atomic E-state index is 11.6. The van der Waals surface area contributed by atoms with E-state index in [2.05, 4.69) is 27.7 Å². The SMILES string of the molecule is CC(C)C12CC3C(CC[C@H]3C)[C@](C)(O1)[C@H](OC(=O)CO)C2.O=C(O)/C=C/c1ccc2c(c1)OCO2. The zero-order valence-corrected chi connectivity index (χ0v) is 20.9. The van der Waals surface area contributed by atoms with Gasteiger partial charge in [0.15, 0.2) is 11.5 Å². The summed E-state index contributed by atoms with van der Waals surface area (Å²) >= 11 is 0. The van der Waals surface area contributed by atoms with Gasteiger partial charge in [-0.15, -0.1) is 0 Å². The molecule has 1 saturated carbocycles. The van der Waals surface area contributed by atoms with Crippen molar-refractivity contribution >= 4 is 18.0 Å². The van der Waals surface area contributed by atoms with Crippen LogP contribution >= 0.6 is 0 Å². The second-order valence-electron chi connectivity index (χ2n) is 10.7. The largest absolute Gasteiger partial charge is 0.478 e. The Morgan fingerprint density at radius 2 is 1.94 bits per heavy atom. The van der Waals surface area contributed by atoms with Crippen molar-refractivity contribution in [3.8, 4) is 11.5 Å². The molecule has 1 aliphatic carbocycles. The molecule has 2 N–H and O–H groups in total. The molecule has 35 heavy (non-hydrogen) atoms. The molecule has 0 spiro atoms. The van der Waals surface area contributed by atoms with E-state index in [0.29, 0.717) is 29.3 Å². The third-order valence-electron chi connectivity index (χ3n) is 8.36. The number of ether oxygens (including phenoxy) is 4. The van der Waals surface area contributed by atoms with Crippen LogP contribution in [0.3, 0.4) is 0 Å². The highest BCUT2D eigenvalue weighted by molar-refractivity contribution is 5.85. The minimum Gasteiger partial charge on any atom is -0.478 e. The molecular weight excluding hydrogens is 452 g/mol. The Hall–Kier alpha value is -2.58. The molecule has 0 amide bonds. The van der Waals surface area contributed by atoms with Crippen molar-refractivity contribution in [1.29, 1.82) is 0 Å². The van der Waals surface area contributed by atoms with Gasteiger partial charge in [0.2, 0.25) is 6.79 Å². The number of hydrogen-bond donors (Lipinski definition) is 2. The van der Waals surface area contributed by atoms with E-state index in [4.69, 9.17) is 29.2 Å². The lowest BCUT2D eigenvalue weighted by molar-refractivity contribution is -0.214. The van der Waals surface area contributed by atoms with Gasteiger partial charge >= 0.3 is 11.9 Å². The van der Waals surface area contributed by atoms with E-state index in [1.54, 1.807) is 18.2 Å². The number of hydrogen-bond acceptors (Lipinski definition) is 7. The fourth-order valence-corrected chi connectivity index (χ4v) is 6.35. The predicted octanol–water partition coefficient (Wildman–Crippen LogP) is 4.04. The summed E-state index contributed by atoms with van der Waals surface area (Å²) in [6.07, 6.45) is 6.61. The molecule has 3 aliphatic heterocycles. The van der Waals surface area contributed by atoms with Crippen LogP contribution in [0.5, 0.6) is 11.5 Å². The second kappa shape index (κ2) is 9.82. The van der Waals surface area contributed by atoms with Crippen LogP contribution in [-0.4, -0.2) is 52.9 Å². The number of aliphatic hydroxyl groups is 1. The Morgan fingerprint density at radius 3 is 2.63 bits per heavy atom. The fraction of sp³-hybridized carbons (Fsp3) is 0.630. The van der Waals surface area contributed by atoms with Crippen molar-refractivity contribution in [3.63, 3.8) is 0 Å². The van der Waals surface area contributed by atoms with E-state index in [-0.39, 0.29) is 24.1 Å². The van der Waals surface area contributed by atoms with Crippen LogP contribution in [0.2, 0.25) is 0 Å². The van der Waals surface area contributed by atoms with Gasteiger partial charge < -0.3 is 29.2 Å². The van der Waals surface area contributed by atoms with E-state index in [1.165, 1.54) is 12.5 Å². The molecule has 5 rings (SSSR count). The van der Waals surface area contributed by atoms with Gasteiger partial charge in [0.05, 0.1) is 5.60 Å². The lowest BCUT2D eigenvalue weighted by atomic mass is 9.72. The second-order valence-corrected chi connectivity index (χ2v) is 10.7. The number of aliphatic hydroxyl groups excluding tert-OH is 1. The first-order valence-electron chi connectivity index (χ1n) is 12.4. The summed E-state index contributed by atoms with van der Waals surface area (Å²) in [5.74, 6) is 2.12. The topological polar surface area (TPSA) is 112 Å². The lowest BCUT2D eigenvalue weighted by Crippen LogP contribution is -2.53. The summed E-state index contributed by atoms with van der Waals surface area (Å²) in [6.45, 7) is 8.56. The van der Waals surface area contributed by atoms with E-state index >= 15 is 0 Å². The Bertz CT molecular complexity index is 987. The average molecular weight is 489 g/mol. The molecule has 3 unspecified atom stereocenters. The molecule has 2 saturated heterocycles. The molecule has 2 bridgehead atoms. The first-order valence-corrected chi connectivity index (χ1v) is 12.4. The van der Waals surface area contributed by atoms with Crippen LogP contribution < -0.4 is 9.47 Å². The predicted molar refractivity (Wildman–Crippen MR) is 128 cm³/mol. The Balaban J connectivity index is 0.000000179. The monoisotopic (exact) mass is 488 g/mol. The third kappa shape index (κ3) is 4.91. The number of benzene rings is 1. The van der Waals surface area contributed by atoms with E-state index in [9.17, 15) is 9.59 Å². The zero-order chi connectivity index (χ0) is 25.4. The molecule has 0 aromatic heterocycles. The van der Waals surface area contributed by atoms with Crippen LogP contribution in [-0.2, 0) is 19.1 Å². The van der Waals surface area contributed by atoms with E-state index < -0.39 is 18.5 Å². The number of carboxylic acid groups (broad SMARTS) is 1. The molecule has 0 radical (unpaired) electrons. The third-order valence-corrected chi connectivity index (χ3v) is 8.36. The lowest BCUT2D eigenvalue weighted by Gasteiger charge is -2.48. The minimum atomic E-state index is -0.970. The number of carbonyl (C=O) groups is 2. The number of esters is 1. The number of carboxylic acids is 1. The Kier molecular flexibility index (Phi) is 7.16. The first kappa shape index (κ1) is 25.5. The molecule has 3 heterocycles. The van der Waals surface area contributed by atoms with Gasteiger partial charge in [-0.1, -0.05) is 33.3 Å². The molecule has 192 valence electrons. The Labute approximate surface area is 206 Å². The summed E-state index contributed by atoms with van der Waals surface area (Å²) in [6, 6.07) is 5.26. The summed E-state index contributed by atoms with van der Waals surface area (Å²) in [5, 5.41) is 17.4. The number of aliphatic carboxylic acids is 1. The number of fused-ring (bicyclic) bond motifs is 5. The average Bonchev–Trinajstić information content (AvgIpc) is 3.49. The fourth-order valence-electron chi connectivity index (χ4n) is 6.35.